The highest BCUT2D eigenvalue weighted by Gasteiger charge is 2.34. The highest BCUT2D eigenvalue weighted by molar-refractivity contribution is 9.10. The lowest BCUT2D eigenvalue weighted by Gasteiger charge is -2.36. The molecule has 1 aromatic rings. The summed E-state index contributed by atoms with van der Waals surface area (Å²) in [6, 6.07) is 6.53. The van der Waals surface area contributed by atoms with Gasteiger partial charge in [0.2, 0.25) is 0 Å². The van der Waals surface area contributed by atoms with Crippen LogP contribution < -0.4 is 10.5 Å². The smallest absolute Gasteiger partial charge is 0.134 e. The number of halogens is 1. The van der Waals surface area contributed by atoms with Crippen LogP contribution in [0.3, 0.4) is 0 Å². The summed E-state index contributed by atoms with van der Waals surface area (Å²) in [6.07, 6.45) is 5.34. The van der Waals surface area contributed by atoms with Crippen LogP contribution in [0.25, 0.3) is 0 Å². The van der Waals surface area contributed by atoms with E-state index in [2.05, 4.69) is 46.1 Å². The van der Waals surface area contributed by atoms with Gasteiger partial charge in [0.1, 0.15) is 11.9 Å². The average molecular weight is 339 g/mol. The van der Waals surface area contributed by atoms with Crippen LogP contribution in [0.4, 0.5) is 0 Å². The van der Waals surface area contributed by atoms with Gasteiger partial charge < -0.3 is 10.5 Å². The van der Waals surface area contributed by atoms with Gasteiger partial charge in [0, 0.05) is 25.0 Å². The summed E-state index contributed by atoms with van der Waals surface area (Å²) < 4.78 is 7.08. The second-order valence-electron chi connectivity index (χ2n) is 6.30. The van der Waals surface area contributed by atoms with Crippen LogP contribution in [0.5, 0.6) is 5.75 Å². The van der Waals surface area contributed by atoms with Crippen molar-refractivity contribution in [2.45, 2.75) is 37.2 Å². The van der Waals surface area contributed by atoms with E-state index in [1.807, 2.05) is 0 Å². The van der Waals surface area contributed by atoms with E-state index in [-0.39, 0.29) is 5.41 Å². The Kier molecular flexibility index (Phi) is 4.07. The largest absolute Gasteiger partial charge is 0.487 e. The van der Waals surface area contributed by atoms with E-state index < -0.39 is 0 Å². The van der Waals surface area contributed by atoms with Crippen molar-refractivity contribution in [2.75, 3.05) is 26.7 Å². The first-order valence-electron chi connectivity index (χ1n) is 7.48. The Morgan fingerprint density at radius 3 is 2.60 bits per heavy atom. The summed E-state index contributed by atoms with van der Waals surface area (Å²) in [6.45, 7) is 2.77. The van der Waals surface area contributed by atoms with E-state index in [0.29, 0.717) is 6.10 Å². The van der Waals surface area contributed by atoms with E-state index in [1.54, 1.807) is 0 Å². The molecule has 20 heavy (non-hydrogen) atoms. The molecule has 1 aliphatic carbocycles. The van der Waals surface area contributed by atoms with Gasteiger partial charge in [-0.05, 0) is 53.5 Å². The zero-order valence-electron chi connectivity index (χ0n) is 12.1. The molecule has 0 aromatic heterocycles. The molecular formula is C16H23BrN2O. The van der Waals surface area contributed by atoms with E-state index >= 15 is 0 Å². The van der Waals surface area contributed by atoms with Crippen molar-refractivity contribution in [2.24, 2.45) is 5.73 Å². The lowest BCUT2D eigenvalue weighted by Crippen LogP contribution is -2.51. The Morgan fingerprint density at radius 2 is 2.05 bits per heavy atom. The van der Waals surface area contributed by atoms with E-state index in [9.17, 15) is 0 Å². The molecule has 0 bridgehead atoms. The second kappa shape index (κ2) is 5.66. The van der Waals surface area contributed by atoms with E-state index in [0.717, 1.165) is 29.9 Å². The molecule has 1 saturated heterocycles. The lowest BCUT2D eigenvalue weighted by atomic mass is 9.79. The number of likely N-dealkylation sites (N-methyl/N-ethyl adjacent to an activating group) is 1. The van der Waals surface area contributed by atoms with E-state index in [1.165, 1.54) is 31.2 Å². The first-order valence-corrected chi connectivity index (χ1v) is 8.27. The van der Waals surface area contributed by atoms with Crippen molar-refractivity contribution < 1.29 is 4.74 Å². The minimum atomic E-state index is 0.192. The fourth-order valence-corrected chi connectivity index (χ4v) is 3.96. The summed E-state index contributed by atoms with van der Waals surface area (Å²) in [7, 11) is 2.11. The van der Waals surface area contributed by atoms with Crippen LogP contribution in [0, 0.1) is 0 Å². The lowest BCUT2D eigenvalue weighted by molar-refractivity contribution is 0.0383. The number of nitrogens with zero attached hydrogens (tertiary/aromatic N) is 1. The highest BCUT2D eigenvalue weighted by atomic mass is 79.9. The molecule has 1 aromatic carbocycles. The van der Waals surface area contributed by atoms with Crippen LogP contribution >= 0.6 is 15.9 Å². The number of likely N-dealkylation sites (tertiary alicyclic amines) is 1. The molecule has 0 radical (unpaired) electrons. The predicted octanol–water partition coefficient (Wildman–Crippen LogP) is 2.91. The molecule has 0 atom stereocenters. The summed E-state index contributed by atoms with van der Waals surface area (Å²) in [5, 5.41) is 0. The molecule has 3 nitrogen and oxygen atoms in total. The Morgan fingerprint density at radius 1 is 1.35 bits per heavy atom. The van der Waals surface area contributed by atoms with Crippen LogP contribution in [0.1, 0.15) is 31.2 Å². The van der Waals surface area contributed by atoms with E-state index in [4.69, 9.17) is 10.5 Å². The Balaban J connectivity index is 1.76. The van der Waals surface area contributed by atoms with Gasteiger partial charge in [-0.2, -0.15) is 0 Å². The molecule has 2 fully saturated rings. The SMILES string of the molecule is CN1CC(Oc2ccc(C3(CN)CCCC3)cc2Br)C1. The fraction of sp³-hybridized carbons (Fsp3) is 0.625. The number of rotatable bonds is 4. The Hall–Kier alpha value is -0.580. The molecule has 2 aliphatic rings. The van der Waals surface area contributed by atoms with Gasteiger partial charge in [0.15, 0.2) is 0 Å². The third-order valence-corrected chi connectivity index (χ3v) is 5.44. The topological polar surface area (TPSA) is 38.5 Å². The van der Waals surface area contributed by atoms with Crippen molar-refractivity contribution in [1.82, 2.24) is 4.90 Å². The quantitative estimate of drug-likeness (QED) is 0.917. The molecule has 1 heterocycles. The molecule has 4 heteroatoms. The molecule has 1 aliphatic heterocycles. The molecule has 0 spiro atoms. The number of ether oxygens (including phenoxy) is 1. The normalized spacial score (nSPS) is 22.8. The van der Waals surface area contributed by atoms with Gasteiger partial charge >= 0.3 is 0 Å². The molecule has 0 amide bonds. The van der Waals surface area contributed by atoms with Gasteiger partial charge in [0.25, 0.3) is 0 Å². The predicted molar refractivity (Wildman–Crippen MR) is 85.3 cm³/mol. The van der Waals surface area contributed by atoms with Gasteiger partial charge in [-0.1, -0.05) is 18.9 Å². The van der Waals surface area contributed by atoms with Crippen LogP contribution in [0.15, 0.2) is 22.7 Å². The van der Waals surface area contributed by atoms with Crippen LogP contribution in [0.2, 0.25) is 0 Å². The third-order valence-electron chi connectivity index (χ3n) is 4.82. The first-order chi connectivity index (χ1) is 9.63. The minimum Gasteiger partial charge on any atom is -0.487 e. The number of benzene rings is 1. The highest BCUT2D eigenvalue weighted by Crippen LogP contribution is 2.42. The van der Waals surface area contributed by atoms with Gasteiger partial charge in [-0.25, -0.2) is 0 Å². The van der Waals surface area contributed by atoms with Crippen LogP contribution in [-0.4, -0.2) is 37.7 Å². The Labute approximate surface area is 129 Å². The molecule has 110 valence electrons. The van der Waals surface area contributed by atoms with Crippen molar-refractivity contribution in [3.63, 3.8) is 0 Å². The number of nitrogens with two attached hydrogens (primary N) is 1. The monoisotopic (exact) mass is 338 g/mol. The second-order valence-corrected chi connectivity index (χ2v) is 7.15. The van der Waals surface area contributed by atoms with Gasteiger partial charge in [-0.15, -0.1) is 0 Å². The fourth-order valence-electron chi connectivity index (χ4n) is 3.48. The minimum absolute atomic E-state index is 0.192. The zero-order valence-corrected chi connectivity index (χ0v) is 13.7. The van der Waals surface area contributed by atoms with Crippen LogP contribution in [-0.2, 0) is 5.41 Å². The maximum atomic E-state index is 6.06. The molecule has 1 saturated carbocycles. The maximum absolute atomic E-state index is 6.06. The maximum Gasteiger partial charge on any atom is 0.134 e. The Bertz CT molecular complexity index is 479. The van der Waals surface area contributed by atoms with Crippen molar-refractivity contribution in [3.8, 4) is 5.75 Å². The van der Waals surface area contributed by atoms with Crippen molar-refractivity contribution in [3.05, 3.63) is 28.2 Å². The van der Waals surface area contributed by atoms with Gasteiger partial charge in [0.05, 0.1) is 4.47 Å². The number of hydrogen-bond acceptors (Lipinski definition) is 3. The summed E-state index contributed by atoms with van der Waals surface area (Å²) in [4.78, 5) is 2.26. The third kappa shape index (κ3) is 2.61. The summed E-state index contributed by atoms with van der Waals surface area (Å²) in [5.74, 6) is 0.956. The zero-order chi connectivity index (χ0) is 14.2. The van der Waals surface area contributed by atoms with Crippen molar-refractivity contribution >= 4 is 15.9 Å². The standard InChI is InChI=1S/C16H23BrN2O/c1-19-9-13(10-19)20-15-5-4-12(8-14(15)17)16(11-18)6-2-3-7-16/h4-5,8,13H,2-3,6-7,9-11,18H2,1H3. The molecule has 0 unspecified atom stereocenters. The molecule has 2 N–H and O–H groups in total. The molecular weight excluding hydrogens is 316 g/mol. The number of hydrogen-bond donors (Lipinski definition) is 1. The first kappa shape index (κ1) is 14.4. The van der Waals surface area contributed by atoms with Gasteiger partial charge in [-0.3, -0.25) is 4.90 Å². The molecule has 3 rings (SSSR count). The summed E-state index contributed by atoms with van der Waals surface area (Å²) >= 11 is 3.67. The van der Waals surface area contributed by atoms with Crippen molar-refractivity contribution in [1.29, 1.82) is 0 Å². The summed E-state index contributed by atoms with van der Waals surface area (Å²) in [5.41, 5.74) is 7.62. The average Bonchev–Trinajstić information content (AvgIpc) is 2.89.